The fraction of sp³-hybridized carbons (Fsp3) is 0.128. The van der Waals surface area contributed by atoms with Crippen LogP contribution >= 0.6 is 23.2 Å². The fourth-order valence-electron chi connectivity index (χ4n) is 5.52. The smallest absolute Gasteiger partial charge is 0.857 e. The molecular formula is C39H34Cl2F2N7NaO2. The van der Waals surface area contributed by atoms with E-state index in [9.17, 15) is 13.6 Å². The van der Waals surface area contributed by atoms with Crippen molar-refractivity contribution in [1.82, 2.24) is 14.9 Å². The Labute approximate surface area is 338 Å². The summed E-state index contributed by atoms with van der Waals surface area (Å²) in [5.41, 5.74) is 12.2. The van der Waals surface area contributed by atoms with Crippen LogP contribution in [0.4, 0.5) is 14.7 Å². The van der Waals surface area contributed by atoms with Crippen LogP contribution in [0.5, 0.6) is 0 Å². The van der Waals surface area contributed by atoms with Crippen LogP contribution in [0.3, 0.4) is 0 Å². The summed E-state index contributed by atoms with van der Waals surface area (Å²) in [6.07, 6.45) is 3.40. The Morgan fingerprint density at radius 1 is 0.774 bits per heavy atom. The van der Waals surface area contributed by atoms with Crippen LogP contribution in [-0.2, 0) is 6.54 Å². The number of benzene rings is 4. The first-order valence-corrected chi connectivity index (χ1v) is 16.3. The van der Waals surface area contributed by atoms with Crippen LogP contribution < -0.4 is 40.4 Å². The molecule has 0 aliphatic carbocycles. The predicted octanol–water partition coefficient (Wildman–Crippen LogP) is 4.07. The van der Waals surface area contributed by atoms with Crippen molar-refractivity contribution < 1.29 is 48.2 Å². The van der Waals surface area contributed by atoms with Gasteiger partial charge in [-0.15, -0.1) is 0 Å². The number of rotatable bonds is 3. The maximum Gasteiger partial charge on any atom is 1.00 e. The number of Topliss-reactive ketones (excluding diaryl/α,β-unsaturated/α-hetero) is 1. The summed E-state index contributed by atoms with van der Waals surface area (Å²) in [5, 5.41) is 14.8. The van der Waals surface area contributed by atoms with Crippen LogP contribution in [0.25, 0.3) is 11.3 Å². The number of ketones is 1. The van der Waals surface area contributed by atoms with Gasteiger partial charge in [-0.05, 0) is 61.3 Å². The molecule has 266 valence electrons. The molecule has 5 aromatic rings. The molecular weight excluding hydrogens is 730 g/mol. The average Bonchev–Trinajstić information content (AvgIpc) is 3.37. The van der Waals surface area contributed by atoms with Crippen molar-refractivity contribution in [2.24, 2.45) is 9.98 Å². The number of nitrogens with two attached hydrogens (primary N) is 1. The zero-order valence-electron chi connectivity index (χ0n) is 29.5. The van der Waals surface area contributed by atoms with E-state index in [0.717, 1.165) is 23.8 Å². The van der Waals surface area contributed by atoms with E-state index >= 15 is 0 Å². The molecule has 0 fully saturated rings. The molecule has 0 bridgehead atoms. The number of halogens is 4. The number of anilines is 1. The summed E-state index contributed by atoms with van der Waals surface area (Å²) >= 11 is 12.3. The van der Waals surface area contributed by atoms with Gasteiger partial charge in [-0.2, -0.15) is 7.11 Å². The molecule has 0 radical (unpaired) electrons. The summed E-state index contributed by atoms with van der Waals surface area (Å²) in [5.74, 6) is -0.650. The topological polar surface area (TPSA) is 144 Å². The van der Waals surface area contributed by atoms with E-state index in [-0.39, 0.29) is 59.5 Å². The number of carbonyl (C=O) groups is 1. The number of nitrogen functional groups attached to an aromatic ring is 1. The molecule has 4 aromatic carbocycles. The van der Waals surface area contributed by atoms with Crippen molar-refractivity contribution in [3.63, 3.8) is 0 Å². The van der Waals surface area contributed by atoms with Crippen molar-refractivity contribution in [3.05, 3.63) is 158 Å². The number of fused-ring (bicyclic) bond motifs is 4. The van der Waals surface area contributed by atoms with E-state index < -0.39 is 0 Å². The largest absolute Gasteiger partial charge is 1.00 e. The molecule has 0 unspecified atom stereocenters. The maximum atomic E-state index is 14.3. The van der Waals surface area contributed by atoms with Gasteiger partial charge in [0.2, 0.25) is 5.95 Å². The van der Waals surface area contributed by atoms with Gasteiger partial charge in [-0.3, -0.25) is 14.8 Å². The third kappa shape index (κ3) is 10.1. The maximum absolute atomic E-state index is 14.3. The van der Waals surface area contributed by atoms with Crippen LogP contribution in [-0.4, -0.2) is 66.5 Å². The second-order valence-corrected chi connectivity index (χ2v) is 12.1. The minimum Gasteiger partial charge on any atom is -0.857 e. The Kier molecular flexibility index (Phi) is 16.1. The van der Waals surface area contributed by atoms with E-state index in [1.54, 1.807) is 84.0 Å². The van der Waals surface area contributed by atoms with Crippen molar-refractivity contribution in [2.75, 3.05) is 33.5 Å². The molecule has 7 rings (SSSR count). The van der Waals surface area contributed by atoms with Gasteiger partial charge >= 0.3 is 29.6 Å². The third-order valence-electron chi connectivity index (χ3n) is 7.64. The van der Waals surface area contributed by atoms with Gasteiger partial charge in [0.25, 0.3) is 0 Å². The Bertz CT molecular complexity index is 2200. The average molecular weight is 765 g/mol. The van der Waals surface area contributed by atoms with Crippen LogP contribution in [0.1, 0.15) is 38.2 Å². The minimum atomic E-state index is -0.380. The van der Waals surface area contributed by atoms with Crippen molar-refractivity contribution >= 4 is 53.1 Å². The summed E-state index contributed by atoms with van der Waals surface area (Å²) in [4.78, 5) is 32.2. The standard InChI is InChI=1S/C19H16ClFN2O.C18H12ClFN4.CH3N.CH3O.Na/c1-23(2)11-12-10-22-18(15-5-3-4-6-17(15)21)16-9-13(20)7-8-14(16)19(12)24;19-11-5-6-12-14(7-11)17(13-3-1-2-4-15(13)20)22-8-10-9-23-18(21)24-16(10)12;2*1-2;/h3-9,11H,10H2,1-2H3;1-7,9H,8H2,(H2,21,23,24);2H,1H2;1H3;/q;;;-1;+1/b12-11+;;;;. The molecule has 0 saturated carbocycles. The van der Waals surface area contributed by atoms with Crippen molar-refractivity contribution in [3.8, 4) is 11.3 Å². The SMILES string of the molecule is C=N.CN(C)/C=C1\CN=C(c2ccccc2F)c2cc(Cl)ccc2C1=O.C[O-].Nc1ncc2c(n1)-c1ccc(Cl)cc1C(c1ccccc1F)=NC2.[Na+]. The zero-order valence-corrected chi connectivity index (χ0v) is 33.0. The second-order valence-electron chi connectivity index (χ2n) is 11.2. The van der Waals surface area contributed by atoms with E-state index in [2.05, 4.69) is 26.7 Å². The van der Waals surface area contributed by atoms with Gasteiger partial charge in [0, 0.05) is 81.1 Å². The summed E-state index contributed by atoms with van der Waals surface area (Å²) in [7, 11) is 4.44. The number of aromatic nitrogens is 2. The van der Waals surface area contributed by atoms with E-state index in [0.29, 0.717) is 61.5 Å². The normalized spacial score (nSPS) is 13.1. The zero-order chi connectivity index (χ0) is 37.9. The van der Waals surface area contributed by atoms with Gasteiger partial charge < -0.3 is 21.1 Å². The van der Waals surface area contributed by atoms with E-state index in [4.69, 9.17) is 39.5 Å². The van der Waals surface area contributed by atoms with Gasteiger partial charge in [-0.1, -0.05) is 53.5 Å². The summed E-state index contributed by atoms with van der Waals surface area (Å²) in [6.45, 7) is 3.03. The fourth-order valence-corrected chi connectivity index (χ4v) is 5.86. The van der Waals surface area contributed by atoms with E-state index in [1.807, 2.05) is 20.2 Å². The molecule has 0 amide bonds. The number of nitrogens with zero attached hydrogens (tertiary/aromatic N) is 5. The Balaban J connectivity index is 0.000000257. The van der Waals surface area contributed by atoms with Crippen molar-refractivity contribution in [2.45, 2.75) is 6.54 Å². The Morgan fingerprint density at radius 3 is 1.79 bits per heavy atom. The molecule has 0 spiro atoms. The predicted molar refractivity (Wildman–Crippen MR) is 203 cm³/mol. The summed E-state index contributed by atoms with van der Waals surface area (Å²) < 4.78 is 28.6. The number of hydrogen-bond donors (Lipinski definition) is 2. The third-order valence-corrected chi connectivity index (χ3v) is 8.11. The first kappa shape index (κ1) is 42.8. The molecule has 1 aromatic heterocycles. The second kappa shape index (κ2) is 20.0. The number of hydrogen-bond acceptors (Lipinski definition) is 9. The number of carbonyl (C=O) groups excluding carboxylic acids is 1. The molecule has 9 nitrogen and oxygen atoms in total. The van der Waals surface area contributed by atoms with Crippen molar-refractivity contribution in [1.29, 1.82) is 5.41 Å². The molecule has 0 saturated heterocycles. The Hall–Kier alpha value is -4.62. The van der Waals surface area contributed by atoms with Crippen LogP contribution in [0.2, 0.25) is 10.0 Å². The molecule has 0 atom stereocenters. The monoisotopic (exact) mass is 763 g/mol. The van der Waals surface area contributed by atoms with Crippen LogP contribution in [0.15, 0.2) is 113 Å². The van der Waals surface area contributed by atoms with Crippen LogP contribution in [0, 0.1) is 17.0 Å². The molecule has 2 aliphatic rings. The summed E-state index contributed by atoms with van der Waals surface area (Å²) in [6, 6.07) is 23.3. The Morgan fingerprint density at radius 2 is 1.26 bits per heavy atom. The first-order chi connectivity index (χ1) is 25.1. The number of aliphatic imine (C=N–C) groups is 2. The minimum absolute atomic E-state index is 0. The van der Waals surface area contributed by atoms with Gasteiger partial charge in [-0.25, -0.2) is 18.7 Å². The van der Waals surface area contributed by atoms with E-state index in [1.165, 1.54) is 12.1 Å². The van der Waals surface area contributed by atoms with Gasteiger partial charge in [0.15, 0.2) is 5.78 Å². The molecule has 14 heteroatoms. The molecule has 53 heavy (non-hydrogen) atoms. The quantitative estimate of drug-likeness (QED) is 0.161. The first-order valence-electron chi connectivity index (χ1n) is 15.6. The van der Waals surface area contributed by atoms with Gasteiger partial charge in [0.1, 0.15) is 11.6 Å². The number of nitrogens with one attached hydrogen (secondary N) is 1. The van der Waals surface area contributed by atoms with Gasteiger partial charge in [0.05, 0.1) is 30.2 Å². The molecule has 3 N–H and O–H groups in total. The molecule has 3 heterocycles. The molecule has 2 aliphatic heterocycles.